The van der Waals surface area contributed by atoms with Crippen LogP contribution in [0.2, 0.25) is 0 Å². The average Bonchev–Trinajstić information content (AvgIpc) is 3.24. The molecular weight excluding hydrogens is 515 g/mol. The van der Waals surface area contributed by atoms with E-state index in [1.165, 1.54) is 53.0 Å². The Morgan fingerprint density at radius 1 is 1.03 bits per heavy atom. The Hall–Kier alpha value is -3.70. The molecule has 2 unspecified atom stereocenters. The quantitative estimate of drug-likeness (QED) is 0.313. The van der Waals surface area contributed by atoms with Crippen molar-refractivity contribution in [1.29, 1.82) is 0 Å². The summed E-state index contributed by atoms with van der Waals surface area (Å²) in [4.78, 5) is 25.6. The zero-order valence-electron chi connectivity index (χ0n) is 21.9. The molecule has 0 saturated heterocycles. The van der Waals surface area contributed by atoms with E-state index >= 15 is 0 Å². The lowest BCUT2D eigenvalue weighted by Crippen LogP contribution is -2.28. The van der Waals surface area contributed by atoms with Crippen molar-refractivity contribution in [1.82, 2.24) is 14.7 Å². The Morgan fingerprint density at radius 3 is 2.31 bits per heavy atom. The lowest BCUT2D eigenvalue weighted by Gasteiger charge is -2.19. The molecule has 0 radical (unpaired) electrons. The van der Waals surface area contributed by atoms with Crippen LogP contribution in [0.5, 0.6) is 0 Å². The van der Waals surface area contributed by atoms with Crippen LogP contribution in [0.25, 0.3) is 5.69 Å². The summed E-state index contributed by atoms with van der Waals surface area (Å²) in [5, 5.41) is 33.7. The normalized spacial score (nSPS) is 12.9. The standard InChI is InChI=1S/C28H32F3N3O5/c1-16(2)25-23(12-11-20(35)13-21(36)14-24(37)38)34(19-9-7-18(29)8-10-19)32-27(25)28(39)33(3)15-17-5-4-6-22(30)26(17)31/h4-10,16,20-21,35-36H,11-15H2,1-3H3,(H,37,38). The summed E-state index contributed by atoms with van der Waals surface area (Å²) < 4.78 is 43.1. The van der Waals surface area contributed by atoms with Crippen LogP contribution in [0.15, 0.2) is 42.5 Å². The van der Waals surface area contributed by atoms with E-state index in [0.29, 0.717) is 16.9 Å². The van der Waals surface area contributed by atoms with Crippen LogP contribution in [0.3, 0.4) is 0 Å². The molecule has 8 nitrogen and oxygen atoms in total. The summed E-state index contributed by atoms with van der Waals surface area (Å²) >= 11 is 0. The molecule has 0 aliphatic rings. The number of benzene rings is 2. The fraction of sp³-hybridized carbons (Fsp3) is 0.393. The number of carbonyl (C=O) groups excluding carboxylic acids is 1. The van der Waals surface area contributed by atoms with Gasteiger partial charge in [0.1, 0.15) is 5.82 Å². The van der Waals surface area contributed by atoms with Crippen molar-refractivity contribution in [2.45, 2.75) is 64.2 Å². The monoisotopic (exact) mass is 547 g/mol. The second-order valence-corrected chi connectivity index (χ2v) is 9.81. The van der Waals surface area contributed by atoms with E-state index in [1.807, 2.05) is 13.8 Å². The first-order valence-corrected chi connectivity index (χ1v) is 12.5. The number of aromatic nitrogens is 2. The van der Waals surface area contributed by atoms with Gasteiger partial charge in [-0.3, -0.25) is 9.59 Å². The van der Waals surface area contributed by atoms with Crippen molar-refractivity contribution in [3.63, 3.8) is 0 Å². The van der Waals surface area contributed by atoms with Gasteiger partial charge in [-0.25, -0.2) is 17.9 Å². The van der Waals surface area contributed by atoms with E-state index in [-0.39, 0.29) is 43.0 Å². The van der Waals surface area contributed by atoms with Crippen molar-refractivity contribution < 1.29 is 38.1 Å². The molecule has 3 aromatic rings. The van der Waals surface area contributed by atoms with Crippen LogP contribution in [0, 0.1) is 17.5 Å². The molecule has 1 heterocycles. The lowest BCUT2D eigenvalue weighted by atomic mass is 9.95. The predicted octanol–water partition coefficient (Wildman–Crippen LogP) is 4.20. The molecular formula is C28H32F3N3O5. The van der Waals surface area contributed by atoms with Gasteiger partial charge in [0.25, 0.3) is 5.91 Å². The highest BCUT2D eigenvalue weighted by Gasteiger charge is 2.28. The van der Waals surface area contributed by atoms with Gasteiger partial charge in [-0.05, 0) is 55.5 Å². The minimum absolute atomic E-state index is 0.00169. The van der Waals surface area contributed by atoms with Crippen molar-refractivity contribution in [3.05, 3.63) is 82.4 Å². The summed E-state index contributed by atoms with van der Waals surface area (Å²) in [6.45, 7) is 3.50. The SMILES string of the molecule is CC(C)c1c(C(=O)N(C)Cc2cccc(F)c2F)nn(-c2ccc(F)cc2)c1CCC(O)CC(O)CC(=O)O. The van der Waals surface area contributed by atoms with Crippen molar-refractivity contribution >= 4 is 11.9 Å². The molecule has 39 heavy (non-hydrogen) atoms. The number of carbonyl (C=O) groups is 2. The van der Waals surface area contributed by atoms with Crippen LogP contribution in [-0.2, 0) is 17.8 Å². The van der Waals surface area contributed by atoms with Gasteiger partial charge in [0.15, 0.2) is 17.3 Å². The van der Waals surface area contributed by atoms with E-state index in [9.17, 15) is 33.0 Å². The number of carboxylic acid groups (broad SMARTS) is 1. The largest absolute Gasteiger partial charge is 0.481 e. The van der Waals surface area contributed by atoms with Gasteiger partial charge in [-0.2, -0.15) is 5.10 Å². The molecule has 2 atom stereocenters. The van der Waals surface area contributed by atoms with E-state index in [4.69, 9.17) is 5.11 Å². The molecule has 0 bridgehead atoms. The summed E-state index contributed by atoms with van der Waals surface area (Å²) in [5.74, 6) is -4.47. The number of halogens is 3. The van der Waals surface area contributed by atoms with Crippen molar-refractivity contribution in [3.8, 4) is 5.69 Å². The van der Waals surface area contributed by atoms with Crippen LogP contribution >= 0.6 is 0 Å². The fourth-order valence-electron chi connectivity index (χ4n) is 4.46. The second kappa shape index (κ2) is 12.9. The Kier molecular flexibility index (Phi) is 9.87. The minimum atomic E-state index is -1.22. The highest BCUT2D eigenvalue weighted by atomic mass is 19.2. The Bertz CT molecular complexity index is 1310. The molecule has 3 rings (SSSR count). The molecule has 1 aromatic heterocycles. The number of nitrogens with zero attached hydrogens (tertiary/aromatic N) is 3. The fourth-order valence-corrected chi connectivity index (χ4v) is 4.46. The Morgan fingerprint density at radius 2 is 1.69 bits per heavy atom. The molecule has 0 fully saturated rings. The Labute approximate surface area is 224 Å². The van der Waals surface area contributed by atoms with Gasteiger partial charge in [0, 0.05) is 30.4 Å². The van der Waals surface area contributed by atoms with Gasteiger partial charge in [-0.1, -0.05) is 26.0 Å². The van der Waals surface area contributed by atoms with Crippen molar-refractivity contribution in [2.75, 3.05) is 7.05 Å². The highest BCUT2D eigenvalue weighted by molar-refractivity contribution is 5.94. The molecule has 210 valence electrons. The molecule has 0 aliphatic carbocycles. The van der Waals surface area contributed by atoms with Crippen LogP contribution in [0.4, 0.5) is 13.2 Å². The molecule has 0 saturated carbocycles. The molecule has 1 amide bonds. The number of aliphatic hydroxyl groups is 2. The number of amides is 1. The summed E-state index contributed by atoms with van der Waals surface area (Å²) in [7, 11) is 1.45. The van der Waals surface area contributed by atoms with E-state index in [2.05, 4.69) is 5.10 Å². The molecule has 2 aromatic carbocycles. The topological polar surface area (TPSA) is 116 Å². The highest BCUT2D eigenvalue weighted by Crippen LogP contribution is 2.29. The predicted molar refractivity (Wildman–Crippen MR) is 137 cm³/mol. The minimum Gasteiger partial charge on any atom is -0.481 e. The summed E-state index contributed by atoms with van der Waals surface area (Å²) in [6.07, 6.45) is -2.58. The van der Waals surface area contributed by atoms with Gasteiger partial charge < -0.3 is 20.2 Å². The van der Waals surface area contributed by atoms with Crippen molar-refractivity contribution in [2.24, 2.45) is 0 Å². The average molecular weight is 548 g/mol. The zero-order chi connectivity index (χ0) is 28.9. The smallest absolute Gasteiger partial charge is 0.305 e. The molecule has 0 spiro atoms. The lowest BCUT2D eigenvalue weighted by molar-refractivity contribution is -0.139. The zero-order valence-corrected chi connectivity index (χ0v) is 21.9. The third-order valence-electron chi connectivity index (χ3n) is 6.33. The number of hydrogen-bond donors (Lipinski definition) is 3. The Balaban J connectivity index is 1.97. The van der Waals surface area contributed by atoms with Crippen LogP contribution < -0.4 is 0 Å². The number of rotatable bonds is 12. The summed E-state index contributed by atoms with van der Waals surface area (Å²) in [5.41, 5.74) is 1.67. The van der Waals surface area contributed by atoms with E-state index in [1.54, 1.807) is 0 Å². The van der Waals surface area contributed by atoms with E-state index < -0.39 is 48.0 Å². The maximum Gasteiger partial charge on any atom is 0.305 e. The first-order chi connectivity index (χ1) is 18.4. The first-order valence-electron chi connectivity index (χ1n) is 12.5. The second-order valence-electron chi connectivity index (χ2n) is 9.81. The van der Waals surface area contributed by atoms with E-state index in [0.717, 1.165) is 6.07 Å². The maximum absolute atomic E-state index is 14.3. The maximum atomic E-state index is 14.3. The van der Waals surface area contributed by atoms with Gasteiger partial charge in [0.05, 0.1) is 24.3 Å². The molecule has 3 N–H and O–H groups in total. The molecule has 0 aliphatic heterocycles. The van der Waals surface area contributed by atoms with Gasteiger partial charge in [0.2, 0.25) is 0 Å². The number of aliphatic carboxylic acids is 1. The van der Waals surface area contributed by atoms with Gasteiger partial charge in [-0.15, -0.1) is 0 Å². The third kappa shape index (κ3) is 7.45. The molecule has 11 heteroatoms. The van der Waals surface area contributed by atoms with Crippen LogP contribution in [0.1, 0.15) is 66.3 Å². The number of carboxylic acids is 1. The number of hydrogen-bond acceptors (Lipinski definition) is 5. The van der Waals surface area contributed by atoms with Crippen LogP contribution in [-0.4, -0.2) is 61.1 Å². The summed E-state index contributed by atoms with van der Waals surface area (Å²) in [6, 6.07) is 9.19. The first kappa shape index (κ1) is 29.9. The number of aliphatic hydroxyl groups excluding tert-OH is 2. The van der Waals surface area contributed by atoms with Gasteiger partial charge >= 0.3 is 5.97 Å². The third-order valence-corrected chi connectivity index (χ3v) is 6.33.